The van der Waals surface area contributed by atoms with Gasteiger partial charge in [-0.25, -0.2) is 0 Å². The lowest BCUT2D eigenvalue weighted by Crippen LogP contribution is -2.40. The quantitative estimate of drug-likeness (QED) is 0.804. The Kier molecular flexibility index (Phi) is 6.05. The van der Waals surface area contributed by atoms with E-state index in [1.165, 1.54) is 18.4 Å². The van der Waals surface area contributed by atoms with Crippen molar-refractivity contribution in [3.8, 4) is 0 Å². The second-order valence-corrected chi connectivity index (χ2v) is 7.00. The number of hydrogen-bond donors (Lipinski definition) is 2. The van der Waals surface area contributed by atoms with Crippen molar-refractivity contribution < 1.29 is 9.59 Å². The minimum absolute atomic E-state index is 0.0134. The van der Waals surface area contributed by atoms with Gasteiger partial charge in [-0.1, -0.05) is 61.4 Å². The first-order valence-corrected chi connectivity index (χ1v) is 9.35. The molecule has 4 nitrogen and oxygen atoms in total. The zero-order valence-electron chi connectivity index (χ0n) is 15.0. The fourth-order valence-corrected chi connectivity index (χ4v) is 3.75. The summed E-state index contributed by atoms with van der Waals surface area (Å²) in [5, 5.41) is 5.89. The second kappa shape index (κ2) is 8.65. The van der Waals surface area contributed by atoms with Gasteiger partial charge < -0.3 is 10.6 Å². The molecule has 0 spiro atoms. The van der Waals surface area contributed by atoms with Crippen LogP contribution in [0.25, 0.3) is 0 Å². The third kappa shape index (κ3) is 4.51. The van der Waals surface area contributed by atoms with E-state index in [4.69, 9.17) is 0 Å². The molecule has 4 heteroatoms. The summed E-state index contributed by atoms with van der Waals surface area (Å²) in [5.74, 6) is -0.157. The van der Waals surface area contributed by atoms with Gasteiger partial charge in [0.1, 0.15) is 0 Å². The van der Waals surface area contributed by atoms with Crippen LogP contribution in [0.2, 0.25) is 0 Å². The molecular formula is C22H26N2O2. The summed E-state index contributed by atoms with van der Waals surface area (Å²) in [5.41, 5.74) is 1.99. The highest BCUT2D eigenvalue weighted by molar-refractivity contribution is 5.94. The fourth-order valence-electron chi connectivity index (χ4n) is 3.75. The molecule has 1 fully saturated rings. The second-order valence-electron chi connectivity index (χ2n) is 7.00. The zero-order valence-corrected chi connectivity index (χ0v) is 15.0. The van der Waals surface area contributed by atoms with E-state index >= 15 is 0 Å². The number of carbonyl (C=O) groups is 2. The van der Waals surface area contributed by atoms with Gasteiger partial charge in [-0.05, 0) is 30.5 Å². The van der Waals surface area contributed by atoms with Crippen molar-refractivity contribution in [2.45, 2.75) is 37.5 Å². The highest BCUT2D eigenvalue weighted by atomic mass is 16.2. The van der Waals surface area contributed by atoms with Crippen molar-refractivity contribution >= 4 is 11.8 Å². The van der Waals surface area contributed by atoms with Crippen LogP contribution in [0.1, 0.15) is 48.0 Å². The maximum absolute atomic E-state index is 12.2. The van der Waals surface area contributed by atoms with Gasteiger partial charge in [0.05, 0.1) is 0 Å². The third-order valence-electron chi connectivity index (χ3n) is 5.24. The molecule has 0 bridgehead atoms. The number of hydrogen-bond acceptors (Lipinski definition) is 2. The van der Waals surface area contributed by atoms with Crippen molar-refractivity contribution in [2.75, 3.05) is 13.1 Å². The van der Waals surface area contributed by atoms with E-state index in [1.54, 1.807) is 12.1 Å². The molecule has 2 aromatic carbocycles. The van der Waals surface area contributed by atoms with Gasteiger partial charge in [-0.15, -0.1) is 0 Å². The van der Waals surface area contributed by atoms with Crippen LogP contribution in [-0.4, -0.2) is 24.9 Å². The monoisotopic (exact) mass is 350 g/mol. The topological polar surface area (TPSA) is 58.2 Å². The molecule has 2 amide bonds. The van der Waals surface area contributed by atoms with Crippen LogP contribution in [0.4, 0.5) is 0 Å². The van der Waals surface area contributed by atoms with Crippen LogP contribution < -0.4 is 10.6 Å². The van der Waals surface area contributed by atoms with Crippen LogP contribution >= 0.6 is 0 Å². The molecule has 1 aliphatic carbocycles. The molecule has 1 aliphatic rings. The molecule has 0 radical (unpaired) electrons. The highest BCUT2D eigenvalue weighted by Gasteiger charge is 2.35. The minimum atomic E-state index is -0.144. The van der Waals surface area contributed by atoms with Gasteiger partial charge >= 0.3 is 0 Å². The number of benzene rings is 2. The van der Waals surface area contributed by atoms with E-state index in [0.717, 1.165) is 12.8 Å². The number of carbonyl (C=O) groups excluding carboxylic acids is 2. The molecule has 26 heavy (non-hydrogen) atoms. The molecular weight excluding hydrogens is 324 g/mol. The summed E-state index contributed by atoms with van der Waals surface area (Å²) in [4.78, 5) is 24.2. The van der Waals surface area contributed by atoms with E-state index in [9.17, 15) is 9.59 Å². The Morgan fingerprint density at radius 2 is 1.46 bits per heavy atom. The summed E-state index contributed by atoms with van der Waals surface area (Å²) < 4.78 is 0. The first-order valence-electron chi connectivity index (χ1n) is 9.35. The van der Waals surface area contributed by atoms with Crippen LogP contribution in [0.5, 0.6) is 0 Å². The van der Waals surface area contributed by atoms with E-state index in [1.807, 2.05) is 24.3 Å². The Balaban J connectivity index is 1.47. The number of rotatable bonds is 7. The lowest BCUT2D eigenvalue weighted by atomic mass is 9.79. The Morgan fingerprint density at radius 1 is 0.846 bits per heavy atom. The first kappa shape index (κ1) is 18.2. The predicted octanol–water partition coefficient (Wildman–Crippen LogP) is 3.43. The Hall–Kier alpha value is -2.62. The van der Waals surface area contributed by atoms with Crippen molar-refractivity contribution in [3.63, 3.8) is 0 Å². The lowest BCUT2D eigenvalue weighted by molar-refractivity contribution is -0.121. The van der Waals surface area contributed by atoms with Crippen molar-refractivity contribution in [1.29, 1.82) is 0 Å². The summed E-state index contributed by atoms with van der Waals surface area (Å²) in [6, 6.07) is 19.5. The molecule has 136 valence electrons. The Labute approximate surface area is 155 Å². The number of nitrogens with one attached hydrogen (secondary N) is 2. The summed E-state index contributed by atoms with van der Waals surface area (Å²) >= 11 is 0. The summed E-state index contributed by atoms with van der Waals surface area (Å²) in [6.45, 7) is 1.01. The number of amides is 2. The molecule has 0 unspecified atom stereocenters. The third-order valence-corrected chi connectivity index (χ3v) is 5.24. The van der Waals surface area contributed by atoms with Gasteiger partial charge in [0.15, 0.2) is 0 Å². The molecule has 0 aromatic heterocycles. The average molecular weight is 350 g/mol. The summed E-state index contributed by atoms with van der Waals surface area (Å²) in [6.07, 6.45) is 4.93. The zero-order chi connectivity index (χ0) is 18.2. The van der Waals surface area contributed by atoms with E-state index < -0.39 is 0 Å². The smallest absolute Gasteiger partial charge is 0.251 e. The largest absolute Gasteiger partial charge is 0.355 e. The van der Waals surface area contributed by atoms with Crippen molar-refractivity contribution in [3.05, 3.63) is 71.8 Å². The van der Waals surface area contributed by atoms with Crippen LogP contribution in [0, 0.1) is 0 Å². The Bertz CT molecular complexity index is 722. The standard InChI is InChI=1S/C22H26N2O2/c25-20(13-16-23-21(26)18-9-3-1-4-10-18)24-17-22(14-7-8-15-22)19-11-5-2-6-12-19/h1-6,9-12H,7-8,13-17H2,(H,23,26)(H,24,25). The molecule has 0 heterocycles. The van der Waals surface area contributed by atoms with E-state index in [-0.39, 0.29) is 17.2 Å². The van der Waals surface area contributed by atoms with Gasteiger partial charge in [0.2, 0.25) is 5.91 Å². The SMILES string of the molecule is O=C(CCNC(=O)c1ccccc1)NCC1(c2ccccc2)CCCC1. The highest BCUT2D eigenvalue weighted by Crippen LogP contribution is 2.40. The molecule has 2 N–H and O–H groups in total. The minimum Gasteiger partial charge on any atom is -0.355 e. The van der Waals surface area contributed by atoms with Crippen LogP contribution in [0.3, 0.4) is 0 Å². The lowest BCUT2D eigenvalue weighted by Gasteiger charge is -2.30. The maximum Gasteiger partial charge on any atom is 0.251 e. The van der Waals surface area contributed by atoms with Crippen LogP contribution in [-0.2, 0) is 10.2 Å². The van der Waals surface area contributed by atoms with Gasteiger partial charge in [0, 0.05) is 30.5 Å². The molecule has 2 aromatic rings. The van der Waals surface area contributed by atoms with E-state index in [2.05, 4.69) is 34.9 Å². The molecule has 0 aliphatic heterocycles. The summed E-state index contributed by atoms with van der Waals surface area (Å²) in [7, 11) is 0. The normalized spacial score (nSPS) is 15.4. The molecule has 0 atom stereocenters. The van der Waals surface area contributed by atoms with Gasteiger partial charge in [0.25, 0.3) is 5.91 Å². The molecule has 0 saturated heterocycles. The molecule has 3 rings (SSSR count). The average Bonchev–Trinajstić information content (AvgIpc) is 3.18. The predicted molar refractivity (Wildman–Crippen MR) is 103 cm³/mol. The van der Waals surface area contributed by atoms with Crippen molar-refractivity contribution in [2.24, 2.45) is 0 Å². The fraction of sp³-hybridized carbons (Fsp3) is 0.364. The van der Waals surface area contributed by atoms with E-state index in [0.29, 0.717) is 25.1 Å². The van der Waals surface area contributed by atoms with Crippen LogP contribution in [0.15, 0.2) is 60.7 Å². The molecule has 1 saturated carbocycles. The van der Waals surface area contributed by atoms with Crippen molar-refractivity contribution in [1.82, 2.24) is 10.6 Å². The maximum atomic E-state index is 12.2. The Morgan fingerprint density at radius 3 is 2.12 bits per heavy atom. The van der Waals surface area contributed by atoms with Gasteiger partial charge in [-0.2, -0.15) is 0 Å². The van der Waals surface area contributed by atoms with Gasteiger partial charge in [-0.3, -0.25) is 9.59 Å². The first-order chi connectivity index (χ1) is 12.7.